The van der Waals surface area contributed by atoms with Gasteiger partial charge in [-0.1, -0.05) is 6.92 Å². The number of hydrogen-bond acceptors (Lipinski definition) is 3. The van der Waals surface area contributed by atoms with Gasteiger partial charge in [-0.2, -0.15) is 5.10 Å². The second-order valence-electron chi connectivity index (χ2n) is 3.71. The molecule has 15 heavy (non-hydrogen) atoms. The number of nitrogens with zero attached hydrogens (tertiary/aromatic N) is 2. The Morgan fingerprint density at radius 3 is 2.87 bits per heavy atom. The van der Waals surface area contributed by atoms with E-state index in [1.165, 1.54) is 0 Å². The minimum absolute atomic E-state index is 0.261. The number of ether oxygens (including phenoxy) is 2. The fourth-order valence-electron chi connectivity index (χ4n) is 1.21. The highest BCUT2D eigenvalue weighted by Crippen LogP contribution is 2.08. The molecule has 0 N–H and O–H groups in total. The Labute approximate surface area is 91.2 Å². The van der Waals surface area contributed by atoms with Crippen molar-refractivity contribution >= 4 is 0 Å². The first-order chi connectivity index (χ1) is 7.22. The summed E-state index contributed by atoms with van der Waals surface area (Å²) in [6.45, 7) is 8.29. The van der Waals surface area contributed by atoms with Crippen LogP contribution in [-0.2, 0) is 11.3 Å². The van der Waals surface area contributed by atoms with Crippen molar-refractivity contribution in [1.29, 1.82) is 0 Å². The largest absolute Gasteiger partial charge is 0.488 e. The molecule has 1 aromatic heterocycles. The first-order valence-electron chi connectivity index (χ1n) is 5.49. The Balaban J connectivity index is 2.19. The third-order valence-electron chi connectivity index (χ3n) is 1.87. The van der Waals surface area contributed by atoms with Crippen molar-refractivity contribution in [2.45, 2.75) is 39.8 Å². The summed E-state index contributed by atoms with van der Waals surface area (Å²) in [5.74, 6) is 0.816. The van der Waals surface area contributed by atoms with Gasteiger partial charge in [0, 0.05) is 6.54 Å². The zero-order chi connectivity index (χ0) is 11.1. The first-order valence-corrected chi connectivity index (χ1v) is 5.49. The van der Waals surface area contributed by atoms with Crippen LogP contribution < -0.4 is 4.74 Å². The van der Waals surface area contributed by atoms with E-state index in [4.69, 9.17) is 9.47 Å². The van der Waals surface area contributed by atoms with Crippen molar-refractivity contribution in [2.75, 3.05) is 13.2 Å². The van der Waals surface area contributed by atoms with E-state index >= 15 is 0 Å². The van der Waals surface area contributed by atoms with E-state index in [0.717, 1.165) is 18.7 Å². The smallest absolute Gasteiger partial charge is 0.157 e. The van der Waals surface area contributed by atoms with Gasteiger partial charge in [-0.05, 0) is 20.3 Å². The van der Waals surface area contributed by atoms with Crippen molar-refractivity contribution in [3.8, 4) is 5.75 Å². The zero-order valence-electron chi connectivity index (χ0n) is 9.77. The molecule has 4 nitrogen and oxygen atoms in total. The topological polar surface area (TPSA) is 36.3 Å². The predicted octanol–water partition coefficient (Wildman–Crippen LogP) is 2.10. The van der Waals surface area contributed by atoms with Crippen molar-refractivity contribution in [3.05, 3.63) is 12.4 Å². The third-order valence-corrected chi connectivity index (χ3v) is 1.87. The fourth-order valence-corrected chi connectivity index (χ4v) is 1.21. The van der Waals surface area contributed by atoms with Crippen molar-refractivity contribution in [1.82, 2.24) is 9.78 Å². The lowest BCUT2D eigenvalue weighted by molar-refractivity contribution is 0.0552. The van der Waals surface area contributed by atoms with Crippen LogP contribution in [0.1, 0.15) is 27.2 Å². The van der Waals surface area contributed by atoms with Crippen LogP contribution in [0.25, 0.3) is 0 Å². The number of aromatic nitrogens is 2. The summed E-state index contributed by atoms with van der Waals surface area (Å²) in [6, 6.07) is 0. The molecule has 0 aliphatic rings. The normalized spacial score (nSPS) is 10.9. The molecule has 0 aromatic carbocycles. The van der Waals surface area contributed by atoms with Crippen LogP contribution >= 0.6 is 0 Å². The van der Waals surface area contributed by atoms with Gasteiger partial charge in [0.1, 0.15) is 6.61 Å². The summed E-state index contributed by atoms with van der Waals surface area (Å²) in [7, 11) is 0. The van der Waals surface area contributed by atoms with Crippen molar-refractivity contribution < 1.29 is 9.47 Å². The monoisotopic (exact) mass is 212 g/mol. The molecule has 0 saturated heterocycles. The van der Waals surface area contributed by atoms with Gasteiger partial charge in [0.25, 0.3) is 0 Å². The standard InChI is InChI=1S/C11H20N2O2/c1-4-5-13-9-11(8-12-13)15-7-6-14-10(2)3/h8-10H,4-7H2,1-3H3. The summed E-state index contributed by atoms with van der Waals surface area (Å²) < 4.78 is 12.7. The van der Waals surface area contributed by atoms with Gasteiger partial charge in [0.15, 0.2) is 5.75 Å². The second-order valence-corrected chi connectivity index (χ2v) is 3.71. The maximum Gasteiger partial charge on any atom is 0.157 e. The molecule has 0 fully saturated rings. The van der Waals surface area contributed by atoms with Crippen LogP contribution in [0.4, 0.5) is 0 Å². The van der Waals surface area contributed by atoms with Crippen LogP contribution in [-0.4, -0.2) is 29.1 Å². The van der Waals surface area contributed by atoms with Crippen LogP contribution in [0.2, 0.25) is 0 Å². The molecular formula is C11H20N2O2. The van der Waals surface area contributed by atoms with E-state index in [0.29, 0.717) is 13.2 Å². The Morgan fingerprint density at radius 2 is 2.20 bits per heavy atom. The molecule has 1 aromatic rings. The minimum atomic E-state index is 0.261. The molecule has 0 atom stereocenters. The molecule has 86 valence electrons. The predicted molar refractivity (Wildman–Crippen MR) is 59.1 cm³/mol. The average Bonchev–Trinajstić information content (AvgIpc) is 2.61. The van der Waals surface area contributed by atoms with Gasteiger partial charge >= 0.3 is 0 Å². The molecule has 0 radical (unpaired) electrons. The lowest BCUT2D eigenvalue weighted by atomic mass is 10.5. The maximum absolute atomic E-state index is 5.48. The second kappa shape index (κ2) is 6.45. The molecule has 1 rings (SSSR count). The highest BCUT2D eigenvalue weighted by molar-refractivity contribution is 5.11. The van der Waals surface area contributed by atoms with E-state index in [9.17, 15) is 0 Å². The third kappa shape index (κ3) is 4.83. The van der Waals surface area contributed by atoms with Gasteiger partial charge in [-0.15, -0.1) is 0 Å². The summed E-state index contributed by atoms with van der Waals surface area (Å²) in [5.41, 5.74) is 0. The molecular weight excluding hydrogens is 192 g/mol. The number of rotatable bonds is 7. The summed E-state index contributed by atoms with van der Waals surface area (Å²) in [5, 5.41) is 4.17. The lowest BCUT2D eigenvalue weighted by Crippen LogP contribution is -2.11. The first kappa shape index (κ1) is 12.0. The van der Waals surface area contributed by atoms with Crippen LogP contribution in [0.15, 0.2) is 12.4 Å². The van der Waals surface area contributed by atoms with E-state index in [2.05, 4.69) is 12.0 Å². The Bertz CT molecular complexity index is 271. The molecule has 0 spiro atoms. The molecule has 0 bridgehead atoms. The molecule has 4 heteroatoms. The lowest BCUT2D eigenvalue weighted by Gasteiger charge is -2.07. The maximum atomic E-state index is 5.48. The molecule has 0 aliphatic heterocycles. The fraction of sp³-hybridized carbons (Fsp3) is 0.727. The van der Waals surface area contributed by atoms with Crippen LogP contribution in [0.5, 0.6) is 5.75 Å². The van der Waals surface area contributed by atoms with Crippen LogP contribution in [0.3, 0.4) is 0 Å². The van der Waals surface area contributed by atoms with E-state index in [1.807, 2.05) is 24.7 Å². The summed E-state index contributed by atoms with van der Waals surface area (Å²) in [4.78, 5) is 0. The van der Waals surface area contributed by atoms with E-state index < -0.39 is 0 Å². The molecule has 0 amide bonds. The highest BCUT2D eigenvalue weighted by atomic mass is 16.5. The summed E-state index contributed by atoms with van der Waals surface area (Å²) in [6.07, 6.45) is 5.00. The highest BCUT2D eigenvalue weighted by Gasteiger charge is 1.99. The van der Waals surface area contributed by atoms with Gasteiger partial charge in [-0.25, -0.2) is 0 Å². The SMILES string of the molecule is CCCn1cc(OCCOC(C)C)cn1. The zero-order valence-corrected chi connectivity index (χ0v) is 9.77. The molecule has 1 heterocycles. The minimum Gasteiger partial charge on any atom is -0.488 e. The summed E-state index contributed by atoms with van der Waals surface area (Å²) >= 11 is 0. The molecule has 0 unspecified atom stereocenters. The van der Waals surface area contributed by atoms with E-state index in [1.54, 1.807) is 6.20 Å². The van der Waals surface area contributed by atoms with Gasteiger partial charge < -0.3 is 9.47 Å². The molecule has 0 aliphatic carbocycles. The number of aryl methyl sites for hydroxylation is 1. The van der Waals surface area contributed by atoms with Crippen molar-refractivity contribution in [3.63, 3.8) is 0 Å². The van der Waals surface area contributed by atoms with Gasteiger partial charge in [-0.3, -0.25) is 4.68 Å². The van der Waals surface area contributed by atoms with E-state index in [-0.39, 0.29) is 6.10 Å². The van der Waals surface area contributed by atoms with Gasteiger partial charge in [0.05, 0.1) is 25.1 Å². The van der Waals surface area contributed by atoms with Crippen molar-refractivity contribution in [2.24, 2.45) is 0 Å². The number of hydrogen-bond donors (Lipinski definition) is 0. The quantitative estimate of drug-likeness (QED) is 0.649. The van der Waals surface area contributed by atoms with Crippen LogP contribution in [0, 0.1) is 0 Å². The average molecular weight is 212 g/mol. The molecule has 0 saturated carbocycles. The Morgan fingerprint density at radius 1 is 1.40 bits per heavy atom. The van der Waals surface area contributed by atoms with Gasteiger partial charge in [0.2, 0.25) is 0 Å². The Hall–Kier alpha value is -1.03. The Kier molecular flexibility index (Phi) is 5.18.